The third-order valence-electron chi connectivity index (χ3n) is 1.43. The molecule has 1 rings (SSSR count). The van der Waals surface area contributed by atoms with E-state index in [2.05, 4.69) is 23.4 Å². The number of aromatic nitrogens is 3. The predicted molar refractivity (Wildman–Crippen MR) is 45.9 cm³/mol. The van der Waals surface area contributed by atoms with Crippen molar-refractivity contribution in [3.05, 3.63) is 24.8 Å². The Morgan fingerprint density at radius 1 is 1.55 bits per heavy atom. The fourth-order valence-electron chi connectivity index (χ4n) is 0.879. The number of aryl methyl sites for hydroxylation is 1. The molecule has 1 aromatic rings. The summed E-state index contributed by atoms with van der Waals surface area (Å²) in [7, 11) is 0. The van der Waals surface area contributed by atoms with Gasteiger partial charge >= 0.3 is 0 Å². The standard InChI is InChI=1S/C8H11N3/c1-5-11-7(4)9-10-8(11)6(2)3/h5H,1-2H2,3-4H3. The lowest BCUT2D eigenvalue weighted by Gasteiger charge is -1.99. The zero-order valence-corrected chi connectivity index (χ0v) is 6.83. The molecule has 1 aromatic heterocycles. The molecular formula is C8H11N3. The highest BCUT2D eigenvalue weighted by molar-refractivity contribution is 5.56. The second-order valence-corrected chi connectivity index (χ2v) is 2.40. The van der Waals surface area contributed by atoms with Crippen LogP contribution in [0, 0.1) is 6.92 Å². The SMILES string of the molecule is C=Cn1c(C)nnc1C(=C)C. The number of nitrogens with zero attached hydrogens (tertiary/aromatic N) is 3. The molecule has 11 heavy (non-hydrogen) atoms. The highest BCUT2D eigenvalue weighted by atomic mass is 15.3. The molecule has 58 valence electrons. The average Bonchev–Trinajstić information content (AvgIpc) is 2.30. The summed E-state index contributed by atoms with van der Waals surface area (Å²) in [6.07, 6.45) is 1.68. The summed E-state index contributed by atoms with van der Waals surface area (Å²) in [5.41, 5.74) is 0.894. The van der Waals surface area contributed by atoms with E-state index in [1.165, 1.54) is 0 Å². The van der Waals surface area contributed by atoms with Crippen LogP contribution in [0.2, 0.25) is 0 Å². The summed E-state index contributed by atoms with van der Waals surface area (Å²) in [4.78, 5) is 0. The van der Waals surface area contributed by atoms with Crippen molar-refractivity contribution in [2.45, 2.75) is 13.8 Å². The summed E-state index contributed by atoms with van der Waals surface area (Å²) < 4.78 is 1.81. The van der Waals surface area contributed by atoms with Gasteiger partial charge in [-0.3, -0.25) is 4.57 Å². The Labute approximate surface area is 66.1 Å². The van der Waals surface area contributed by atoms with Crippen LogP contribution in [0.15, 0.2) is 13.2 Å². The molecule has 3 nitrogen and oxygen atoms in total. The molecule has 0 saturated heterocycles. The zero-order chi connectivity index (χ0) is 8.43. The third-order valence-corrected chi connectivity index (χ3v) is 1.43. The monoisotopic (exact) mass is 149 g/mol. The molecule has 0 saturated carbocycles. The van der Waals surface area contributed by atoms with Crippen LogP contribution in [-0.2, 0) is 0 Å². The van der Waals surface area contributed by atoms with Gasteiger partial charge in [0, 0.05) is 6.20 Å². The molecule has 1 heterocycles. The van der Waals surface area contributed by atoms with Crippen LogP contribution >= 0.6 is 0 Å². The summed E-state index contributed by atoms with van der Waals surface area (Å²) in [5, 5.41) is 7.82. The maximum absolute atomic E-state index is 3.93. The highest BCUT2D eigenvalue weighted by Crippen LogP contribution is 2.09. The van der Waals surface area contributed by atoms with E-state index in [0.29, 0.717) is 0 Å². The van der Waals surface area contributed by atoms with Crippen molar-refractivity contribution in [2.24, 2.45) is 0 Å². The average molecular weight is 149 g/mol. The maximum Gasteiger partial charge on any atom is 0.163 e. The van der Waals surface area contributed by atoms with E-state index in [-0.39, 0.29) is 0 Å². The second-order valence-electron chi connectivity index (χ2n) is 2.40. The van der Waals surface area contributed by atoms with Crippen LogP contribution < -0.4 is 0 Å². The molecule has 0 amide bonds. The first-order chi connectivity index (χ1) is 5.16. The number of rotatable bonds is 2. The molecule has 0 bridgehead atoms. The lowest BCUT2D eigenvalue weighted by atomic mass is 10.3. The van der Waals surface area contributed by atoms with Crippen LogP contribution in [0.3, 0.4) is 0 Å². The number of allylic oxidation sites excluding steroid dienone is 1. The summed E-state index contributed by atoms with van der Waals surface area (Å²) in [5.74, 6) is 1.61. The Balaban J connectivity index is 3.26. The van der Waals surface area contributed by atoms with Crippen molar-refractivity contribution < 1.29 is 0 Å². The molecule has 0 spiro atoms. The lowest BCUT2D eigenvalue weighted by molar-refractivity contribution is 1.01. The quantitative estimate of drug-likeness (QED) is 0.641. The topological polar surface area (TPSA) is 30.7 Å². The Morgan fingerprint density at radius 3 is 2.55 bits per heavy atom. The van der Waals surface area contributed by atoms with E-state index >= 15 is 0 Å². The summed E-state index contributed by atoms with van der Waals surface area (Å²) >= 11 is 0. The third kappa shape index (κ3) is 1.22. The molecule has 0 aliphatic heterocycles. The van der Waals surface area contributed by atoms with Crippen molar-refractivity contribution in [3.63, 3.8) is 0 Å². The van der Waals surface area contributed by atoms with Gasteiger partial charge in [0.2, 0.25) is 0 Å². The van der Waals surface area contributed by atoms with E-state index in [4.69, 9.17) is 0 Å². The second kappa shape index (κ2) is 2.70. The van der Waals surface area contributed by atoms with Gasteiger partial charge in [0.05, 0.1) is 0 Å². The smallest absolute Gasteiger partial charge is 0.163 e. The van der Waals surface area contributed by atoms with Gasteiger partial charge in [0.15, 0.2) is 5.82 Å². The van der Waals surface area contributed by atoms with Gasteiger partial charge in [-0.2, -0.15) is 0 Å². The molecule has 0 fully saturated rings. The molecule has 0 aliphatic rings. The van der Waals surface area contributed by atoms with Crippen LogP contribution in [0.25, 0.3) is 11.8 Å². The maximum atomic E-state index is 3.93. The van der Waals surface area contributed by atoms with Gasteiger partial charge in [-0.1, -0.05) is 13.2 Å². The summed E-state index contributed by atoms with van der Waals surface area (Å²) in [6, 6.07) is 0. The minimum absolute atomic E-state index is 0.775. The van der Waals surface area contributed by atoms with Crippen molar-refractivity contribution >= 4 is 11.8 Å². The fourth-order valence-corrected chi connectivity index (χ4v) is 0.879. The highest BCUT2D eigenvalue weighted by Gasteiger charge is 2.04. The zero-order valence-electron chi connectivity index (χ0n) is 6.83. The van der Waals surface area contributed by atoms with E-state index in [9.17, 15) is 0 Å². The molecular weight excluding hydrogens is 138 g/mol. The van der Waals surface area contributed by atoms with Gasteiger partial charge < -0.3 is 0 Å². The number of hydrogen-bond donors (Lipinski definition) is 0. The Hall–Kier alpha value is -1.38. The van der Waals surface area contributed by atoms with Gasteiger partial charge in [-0.15, -0.1) is 10.2 Å². The van der Waals surface area contributed by atoms with Gasteiger partial charge in [0.1, 0.15) is 5.82 Å². The molecule has 0 aromatic carbocycles. The molecule has 0 atom stereocenters. The number of hydrogen-bond acceptors (Lipinski definition) is 2. The fraction of sp³-hybridized carbons (Fsp3) is 0.250. The van der Waals surface area contributed by atoms with Crippen molar-refractivity contribution in [2.75, 3.05) is 0 Å². The normalized spacial score (nSPS) is 9.64. The molecule has 3 heteroatoms. The van der Waals surface area contributed by atoms with E-state index in [1.54, 1.807) is 6.20 Å². The Morgan fingerprint density at radius 2 is 2.18 bits per heavy atom. The molecule has 0 unspecified atom stereocenters. The Bertz CT molecular complexity index is 296. The minimum atomic E-state index is 0.775. The van der Waals surface area contributed by atoms with Crippen LogP contribution in [0.4, 0.5) is 0 Å². The van der Waals surface area contributed by atoms with E-state index < -0.39 is 0 Å². The first kappa shape index (κ1) is 7.72. The summed E-state index contributed by atoms with van der Waals surface area (Å²) in [6.45, 7) is 11.2. The van der Waals surface area contributed by atoms with Crippen molar-refractivity contribution in [3.8, 4) is 0 Å². The minimum Gasteiger partial charge on any atom is -0.287 e. The Kier molecular flexibility index (Phi) is 1.89. The van der Waals surface area contributed by atoms with Crippen LogP contribution in [0.1, 0.15) is 18.6 Å². The van der Waals surface area contributed by atoms with Gasteiger partial charge in [-0.25, -0.2) is 0 Å². The first-order valence-electron chi connectivity index (χ1n) is 3.36. The van der Waals surface area contributed by atoms with E-state index in [1.807, 2.05) is 18.4 Å². The predicted octanol–water partition coefficient (Wildman–Crippen LogP) is 1.72. The van der Waals surface area contributed by atoms with Crippen molar-refractivity contribution in [1.29, 1.82) is 0 Å². The largest absolute Gasteiger partial charge is 0.287 e. The van der Waals surface area contributed by atoms with Crippen LogP contribution in [0.5, 0.6) is 0 Å². The molecule has 0 aliphatic carbocycles. The van der Waals surface area contributed by atoms with E-state index in [0.717, 1.165) is 17.2 Å². The van der Waals surface area contributed by atoms with Gasteiger partial charge in [-0.05, 0) is 19.4 Å². The van der Waals surface area contributed by atoms with Gasteiger partial charge in [0.25, 0.3) is 0 Å². The molecule has 0 N–H and O–H groups in total. The lowest BCUT2D eigenvalue weighted by Crippen LogP contribution is -1.94. The molecule has 0 radical (unpaired) electrons. The van der Waals surface area contributed by atoms with Crippen LogP contribution in [-0.4, -0.2) is 14.8 Å². The first-order valence-corrected chi connectivity index (χ1v) is 3.36. The van der Waals surface area contributed by atoms with Crippen molar-refractivity contribution in [1.82, 2.24) is 14.8 Å².